The third-order valence-electron chi connectivity index (χ3n) is 11.6. The lowest BCUT2D eigenvalue weighted by Crippen LogP contribution is -2.56. The first-order valence-electron chi connectivity index (χ1n) is 20.7. The quantitative estimate of drug-likeness (QED) is 0.116. The van der Waals surface area contributed by atoms with Gasteiger partial charge >= 0.3 is 0 Å². The average molecular weight is 802 g/mol. The SMILES string of the molecule is CN[C@@H](C)C(=O)N[C@@H](Cc1cn(CCCn2cc(C[C@H](NC(=O)[C@H](C)NC)C(=O)N3CCC[C@H]3C(=O)N[C@@H]3CCCc4ccccc43)nn2)nn1)C(=O)N1CCCC1. The molecule has 18 nitrogen and oxygen atoms in total. The molecule has 5 N–H and O–H groups in total. The lowest BCUT2D eigenvalue weighted by Gasteiger charge is -2.31. The molecule has 4 heterocycles. The molecule has 2 saturated heterocycles. The van der Waals surface area contributed by atoms with E-state index in [-0.39, 0.29) is 48.4 Å². The zero-order valence-electron chi connectivity index (χ0n) is 34.2. The Labute approximate surface area is 339 Å². The topological polar surface area (TPSA) is 213 Å². The summed E-state index contributed by atoms with van der Waals surface area (Å²) in [5.74, 6) is -1.20. The van der Waals surface area contributed by atoms with Gasteiger partial charge in [-0.3, -0.25) is 33.3 Å². The Morgan fingerprint density at radius 1 is 0.741 bits per heavy atom. The van der Waals surface area contributed by atoms with Crippen LogP contribution in [0.5, 0.6) is 0 Å². The Bertz CT molecular complexity index is 1890. The molecule has 3 aromatic rings. The minimum absolute atomic E-state index is 0.0992. The number of likely N-dealkylation sites (N-methyl/N-ethyl adjacent to an activating group) is 2. The molecule has 1 aliphatic carbocycles. The smallest absolute Gasteiger partial charge is 0.246 e. The Kier molecular flexibility index (Phi) is 14.6. The van der Waals surface area contributed by atoms with Crippen molar-refractivity contribution in [2.75, 3.05) is 33.7 Å². The second-order valence-corrected chi connectivity index (χ2v) is 15.7. The summed E-state index contributed by atoms with van der Waals surface area (Å²) < 4.78 is 3.38. The predicted molar refractivity (Wildman–Crippen MR) is 214 cm³/mol. The molecule has 18 heteroatoms. The fourth-order valence-corrected chi connectivity index (χ4v) is 7.98. The van der Waals surface area contributed by atoms with E-state index >= 15 is 0 Å². The van der Waals surface area contributed by atoms with Crippen LogP contribution in [0.2, 0.25) is 0 Å². The van der Waals surface area contributed by atoms with Crippen molar-refractivity contribution in [1.82, 2.24) is 66.4 Å². The third-order valence-corrected chi connectivity index (χ3v) is 11.6. The summed E-state index contributed by atoms with van der Waals surface area (Å²) in [5.41, 5.74) is 3.51. The highest BCUT2D eigenvalue weighted by Gasteiger charge is 2.39. The third kappa shape index (κ3) is 10.6. The van der Waals surface area contributed by atoms with Crippen molar-refractivity contribution in [3.8, 4) is 0 Å². The number of aryl methyl sites for hydroxylation is 3. The van der Waals surface area contributed by atoms with E-state index in [2.05, 4.69) is 59.3 Å². The highest BCUT2D eigenvalue weighted by Crippen LogP contribution is 2.30. The van der Waals surface area contributed by atoms with Gasteiger partial charge in [-0.05, 0) is 90.4 Å². The molecule has 2 fully saturated rings. The Morgan fingerprint density at radius 2 is 1.33 bits per heavy atom. The molecule has 3 aliphatic rings. The molecule has 0 unspecified atom stereocenters. The maximum absolute atomic E-state index is 14.2. The molecule has 5 amide bonds. The normalized spacial score (nSPS) is 19.9. The number of benzene rings is 1. The van der Waals surface area contributed by atoms with Gasteiger partial charge in [-0.15, -0.1) is 10.2 Å². The molecule has 58 heavy (non-hydrogen) atoms. The van der Waals surface area contributed by atoms with Gasteiger partial charge in [0.1, 0.15) is 18.1 Å². The number of carbonyl (C=O) groups excluding carboxylic acids is 5. The number of nitrogens with one attached hydrogen (secondary N) is 5. The largest absolute Gasteiger partial charge is 0.347 e. The number of aromatic nitrogens is 6. The first kappa shape index (κ1) is 42.4. The van der Waals surface area contributed by atoms with Crippen LogP contribution in [0.25, 0.3) is 0 Å². The first-order valence-corrected chi connectivity index (χ1v) is 20.7. The minimum Gasteiger partial charge on any atom is -0.347 e. The van der Waals surface area contributed by atoms with Crippen molar-refractivity contribution >= 4 is 29.5 Å². The highest BCUT2D eigenvalue weighted by atomic mass is 16.2. The monoisotopic (exact) mass is 801 g/mol. The number of likely N-dealkylation sites (tertiary alicyclic amines) is 2. The zero-order chi connectivity index (χ0) is 41.2. The first-order chi connectivity index (χ1) is 28.0. The second kappa shape index (κ2) is 20.0. The molecule has 0 saturated carbocycles. The van der Waals surface area contributed by atoms with Crippen molar-refractivity contribution in [2.45, 2.75) is 127 Å². The van der Waals surface area contributed by atoms with Crippen LogP contribution in [-0.4, -0.2) is 133 Å². The number of hydrogen-bond donors (Lipinski definition) is 5. The van der Waals surface area contributed by atoms with E-state index in [9.17, 15) is 24.0 Å². The zero-order valence-corrected chi connectivity index (χ0v) is 34.2. The Balaban J connectivity index is 1.05. The lowest BCUT2D eigenvalue weighted by atomic mass is 9.87. The van der Waals surface area contributed by atoms with Crippen molar-refractivity contribution in [3.05, 3.63) is 59.2 Å². The molecule has 1 aromatic carbocycles. The van der Waals surface area contributed by atoms with Gasteiger partial charge in [-0.2, -0.15) is 0 Å². The van der Waals surface area contributed by atoms with Gasteiger partial charge in [0.25, 0.3) is 0 Å². The van der Waals surface area contributed by atoms with Crippen LogP contribution < -0.4 is 26.6 Å². The molecule has 0 radical (unpaired) electrons. The maximum atomic E-state index is 14.2. The van der Waals surface area contributed by atoms with Crippen LogP contribution in [-0.2, 0) is 56.3 Å². The number of fused-ring (bicyclic) bond motifs is 1. The maximum Gasteiger partial charge on any atom is 0.246 e. The Morgan fingerprint density at radius 3 is 1.93 bits per heavy atom. The van der Waals surface area contributed by atoms with Gasteiger partial charge in [0.2, 0.25) is 29.5 Å². The van der Waals surface area contributed by atoms with Gasteiger partial charge < -0.3 is 36.4 Å². The number of rotatable bonds is 18. The van der Waals surface area contributed by atoms with Crippen molar-refractivity contribution in [2.24, 2.45) is 0 Å². The fraction of sp³-hybridized carbons (Fsp3) is 0.625. The molecular weight excluding hydrogens is 743 g/mol. The van der Waals surface area contributed by atoms with Crippen LogP contribution in [0.15, 0.2) is 36.7 Å². The van der Waals surface area contributed by atoms with Crippen molar-refractivity contribution in [1.29, 1.82) is 0 Å². The van der Waals surface area contributed by atoms with E-state index in [0.717, 1.165) is 37.7 Å². The summed E-state index contributed by atoms with van der Waals surface area (Å²) >= 11 is 0. The van der Waals surface area contributed by atoms with E-state index in [1.54, 1.807) is 59.5 Å². The molecule has 0 bridgehead atoms. The summed E-state index contributed by atoms with van der Waals surface area (Å²) in [5, 5.41) is 32.0. The van der Waals surface area contributed by atoms with Crippen LogP contribution in [0.1, 0.15) is 87.3 Å². The van der Waals surface area contributed by atoms with Gasteiger partial charge in [0.15, 0.2) is 0 Å². The molecule has 2 aliphatic heterocycles. The van der Waals surface area contributed by atoms with Crippen LogP contribution >= 0.6 is 0 Å². The standard InChI is InChI=1S/C40H59N13O5/c1-26(41-3)36(54)44-33(39(57)50-17-7-8-18-50)22-29-24-51(48-46-29)19-11-20-52-25-30(47-49-52)23-34(45-37(55)27(2)42-4)40(58)53-21-10-16-35(53)38(56)43-32-15-9-13-28-12-5-6-14-31(28)32/h5-6,12,14,24-27,32-35,41-42H,7-11,13,15-23H2,1-4H3,(H,43,56)(H,44,54)(H,45,55)/t26-,27-,32+,33-,34-,35-/m0/s1. The van der Waals surface area contributed by atoms with Crippen LogP contribution in [0, 0.1) is 0 Å². The molecular formula is C40H59N13O5. The van der Waals surface area contributed by atoms with Crippen LogP contribution in [0.4, 0.5) is 0 Å². The lowest BCUT2D eigenvalue weighted by molar-refractivity contribution is -0.141. The van der Waals surface area contributed by atoms with Crippen LogP contribution in [0.3, 0.4) is 0 Å². The summed E-state index contributed by atoms with van der Waals surface area (Å²) in [4.78, 5) is 70.4. The number of hydrogen-bond acceptors (Lipinski definition) is 11. The number of amides is 5. The highest BCUT2D eigenvalue weighted by molar-refractivity contribution is 5.94. The number of carbonyl (C=O) groups is 5. The van der Waals surface area contributed by atoms with Crippen molar-refractivity contribution < 1.29 is 24.0 Å². The molecule has 2 aromatic heterocycles. The van der Waals surface area contributed by atoms with Gasteiger partial charge in [-0.1, -0.05) is 34.7 Å². The molecule has 6 atom stereocenters. The summed E-state index contributed by atoms with van der Waals surface area (Å²) in [6.07, 6.45) is 10.5. The number of nitrogens with zero attached hydrogens (tertiary/aromatic N) is 8. The van der Waals surface area contributed by atoms with E-state index in [1.165, 1.54) is 5.56 Å². The summed E-state index contributed by atoms with van der Waals surface area (Å²) in [7, 11) is 3.37. The minimum atomic E-state index is -0.946. The van der Waals surface area contributed by atoms with Gasteiger partial charge in [0, 0.05) is 58.0 Å². The summed E-state index contributed by atoms with van der Waals surface area (Å²) in [6, 6.07) is 4.78. The average Bonchev–Trinajstić information content (AvgIpc) is 4.08. The molecule has 314 valence electrons. The van der Waals surface area contributed by atoms with Crippen molar-refractivity contribution in [3.63, 3.8) is 0 Å². The Hall–Kier alpha value is -5.23. The molecule has 6 rings (SSSR count). The summed E-state index contributed by atoms with van der Waals surface area (Å²) in [6.45, 7) is 6.25. The predicted octanol–water partition coefficient (Wildman–Crippen LogP) is 0.0375. The van der Waals surface area contributed by atoms with E-state index < -0.39 is 30.2 Å². The van der Waals surface area contributed by atoms with Gasteiger partial charge in [0.05, 0.1) is 29.5 Å². The van der Waals surface area contributed by atoms with E-state index in [1.807, 2.05) is 12.1 Å². The molecule has 0 spiro atoms. The van der Waals surface area contributed by atoms with E-state index in [4.69, 9.17) is 0 Å². The fourth-order valence-electron chi connectivity index (χ4n) is 7.98. The van der Waals surface area contributed by atoms with Gasteiger partial charge in [-0.25, -0.2) is 0 Å². The second-order valence-electron chi connectivity index (χ2n) is 15.7. The van der Waals surface area contributed by atoms with E-state index in [0.29, 0.717) is 63.4 Å².